The van der Waals surface area contributed by atoms with Crippen molar-refractivity contribution in [2.24, 2.45) is 0 Å². The summed E-state index contributed by atoms with van der Waals surface area (Å²) >= 11 is 0. The van der Waals surface area contributed by atoms with Crippen molar-refractivity contribution in [2.45, 2.75) is 6.04 Å². The molecule has 1 aromatic carbocycles. The molecular weight excluding hydrogens is 318 g/mol. The molecule has 0 aliphatic carbocycles. The second kappa shape index (κ2) is 9.15. The van der Waals surface area contributed by atoms with Crippen molar-refractivity contribution in [3.8, 4) is 5.75 Å². The highest BCUT2D eigenvalue weighted by atomic mass is 16.5. The molecule has 1 saturated heterocycles. The molecule has 1 fully saturated rings. The van der Waals surface area contributed by atoms with E-state index in [2.05, 4.69) is 10.3 Å². The number of para-hydroxylation sites is 1. The molecule has 1 unspecified atom stereocenters. The van der Waals surface area contributed by atoms with Gasteiger partial charge in [-0.15, -0.1) is 0 Å². The van der Waals surface area contributed by atoms with E-state index in [-0.39, 0.29) is 18.6 Å². The number of benzene rings is 1. The fourth-order valence-corrected chi connectivity index (χ4v) is 2.85. The van der Waals surface area contributed by atoms with Crippen LogP contribution in [0.3, 0.4) is 0 Å². The summed E-state index contributed by atoms with van der Waals surface area (Å²) in [6.45, 7) is 3.06. The van der Waals surface area contributed by atoms with Crippen molar-refractivity contribution in [1.29, 1.82) is 0 Å². The maximum atomic E-state index is 12.5. The molecule has 25 heavy (non-hydrogen) atoms. The number of aromatic nitrogens is 1. The summed E-state index contributed by atoms with van der Waals surface area (Å²) < 4.78 is 11.1. The van der Waals surface area contributed by atoms with Gasteiger partial charge in [-0.1, -0.05) is 24.3 Å². The van der Waals surface area contributed by atoms with Gasteiger partial charge in [0.2, 0.25) is 5.91 Å². The van der Waals surface area contributed by atoms with E-state index >= 15 is 0 Å². The van der Waals surface area contributed by atoms with Gasteiger partial charge in [-0.05, 0) is 23.8 Å². The molecule has 2 heterocycles. The smallest absolute Gasteiger partial charge is 0.249 e. The van der Waals surface area contributed by atoms with E-state index in [1.807, 2.05) is 53.6 Å². The lowest BCUT2D eigenvalue weighted by Crippen LogP contribution is -2.49. The second-order valence-electron chi connectivity index (χ2n) is 5.81. The van der Waals surface area contributed by atoms with Gasteiger partial charge in [-0.25, -0.2) is 0 Å². The Morgan fingerprint density at radius 2 is 2.08 bits per heavy atom. The summed E-state index contributed by atoms with van der Waals surface area (Å²) in [5, 5.41) is 3.33. The molecule has 1 N–H and O–H groups in total. The summed E-state index contributed by atoms with van der Waals surface area (Å²) in [4.78, 5) is 18.5. The number of hydrogen-bond acceptors (Lipinski definition) is 5. The van der Waals surface area contributed by atoms with Crippen molar-refractivity contribution in [2.75, 3.05) is 39.5 Å². The Balaban J connectivity index is 1.45. The number of hydrogen-bond donors (Lipinski definition) is 1. The van der Waals surface area contributed by atoms with Crippen LogP contribution in [0, 0.1) is 0 Å². The lowest BCUT2D eigenvalue weighted by atomic mass is 10.1. The Morgan fingerprint density at radius 3 is 2.88 bits per heavy atom. The third kappa shape index (κ3) is 5.01. The average molecular weight is 341 g/mol. The zero-order chi connectivity index (χ0) is 17.3. The van der Waals surface area contributed by atoms with E-state index in [1.165, 1.54) is 0 Å². The summed E-state index contributed by atoms with van der Waals surface area (Å²) in [6, 6.07) is 13.5. The van der Waals surface area contributed by atoms with Crippen molar-refractivity contribution >= 4 is 5.91 Å². The lowest BCUT2D eigenvalue weighted by molar-refractivity contribution is -0.139. The monoisotopic (exact) mass is 341 g/mol. The molecular formula is C19H23N3O3. The minimum atomic E-state index is -0.00457. The van der Waals surface area contributed by atoms with E-state index in [4.69, 9.17) is 9.47 Å². The number of rotatable bonds is 7. The third-order valence-electron chi connectivity index (χ3n) is 4.10. The van der Waals surface area contributed by atoms with Gasteiger partial charge >= 0.3 is 0 Å². The first-order chi connectivity index (χ1) is 12.3. The SMILES string of the molecule is O=C(COCCOc1ccccc1)N1CCNCC1c1cccnc1. The summed E-state index contributed by atoms with van der Waals surface area (Å²) in [7, 11) is 0. The number of amides is 1. The van der Waals surface area contributed by atoms with Crippen LogP contribution >= 0.6 is 0 Å². The van der Waals surface area contributed by atoms with Gasteiger partial charge in [0.15, 0.2) is 0 Å². The van der Waals surface area contributed by atoms with Crippen LogP contribution in [0.4, 0.5) is 0 Å². The normalized spacial score (nSPS) is 17.3. The predicted octanol–water partition coefficient (Wildman–Crippen LogP) is 1.65. The average Bonchev–Trinajstić information content (AvgIpc) is 2.69. The Morgan fingerprint density at radius 1 is 1.20 bits per heavy atom. The van der Waals surface area contributed by atoms with Crippen LogP contribution in [0.2, 0.25) is 0 Å². The summed E-state index contributed by atoms with van der Waals surface area (Å²) in [5.41, 5.74) is 1.04. The molecule has 2 aromatic rings. The minimum absolute atomic E-state index is 0.000816. The van der Waals surface area contributed by atoms with Gasteiger partial charge in [0, 0.05) is 32.0 Å². The van der Waals surface area contributed by atoms with Gasteiger partial charge in [0.05, 0.1) is 12.6 Å². The molecule has 1 aliphatic heterocycles. The molecule has 0 spiro atoms. The number of pyridine rings is 1. The zero-order valence-electron chi connectivity index (χ0n) is 14.1. The first kappa shape index (κ1) is 17.4. The van der Waals surface area contributed by atoms with Crippen LogP contribution in [-0.2, 0) is 9.53 Å². The van der Waals surface area contributed by atoms with Crippen molar-refractivity contribution in [3.63, 3.8) is 0 Å². The van der Waals surface area contributed by atoms with Gasteiger partial charge in [0.1, 0.15) is 19.0 Å². The van der Waals surface area contributed by atoms with E-state index in [0.717, 1.165) is 24.4 Å². The van der Waals surface area contributed by atoms with Crippen molar-refractivity contribution in [3.05, 3.63) is 60.4 Å². The standard InChI is InChI=1S/C19H23N3O3/c23-19(15-24-11-12-25-17-6-2-1-3-7-17)22-10-9-21-14-18(22)16-5-4-8-20-13-16/h1-8,13,18,21H,9-12,14-15H2. The van der Waals surface area contributed by atoms with E-state index in [0.29, 0.717) is 19.8 Å². The molecule has 3 rings (SSSR count). The zero-order valence-corrected chi connectivity index (χ0v) is 14.1. The fraction of sp³-hybridized carbons (Fsp3) is 0.368. The first-order valence-corrected chi connectivity index (χ1v) is 8.50. The summed E-state index contributed by atoms with van der Waals surface area (Å²) in [6.07, 6.45) is 3.55. The molecule has 6 nitrogen and oxygen atoms in total. The van der Waals surface area contributed by atoms with Gasteiger partial charge in [-0.3, -0.25) is 9.78 Å². The number of carbonyl (C=O) groups is 1. The number of nitrogens with one attached hydrogen (secondary N) is 1. The van der Waals surface area contributed by atoms with E-state index in [9.17, 15) is 4.79 Å². The number of nitrogens with zero attached hydrogens (tertiary/aromatic N) is 2. The number of carbonyl (C=O) groups excluding carboxylic acids is 1. The molecule has 1 amide bonds. The van der Waals surface area contributed by atoms with Crippen LogP contribution in [-0.4, -0.2) is 55.2 Å². The van der Waals surface area contributed by atoms with Gasteiger partial charge < -0.3 is 19.7 Å². The maximum Gasteiger partial charge on any atom is 0.249 e. The topological polar surface area (TPSA) is 63.7 Å². The van der Waals surface area contributed by atoms with Crippen molar-refractivity contribution < 1.29 is 14.3 Å². The number of ether oxygens (including phenoxy) is 2. The molecule has 1 atom stereocenters. The predicted molar refractivity (Wildman–Crippen MR) is 94.3 cm³/mol. The van der Waals surface area contributed by atoms with Crippen LogP contribution < -0.4 is 10.1 Å². The lowest BCUT2D eigenvalue weighted by Gasteiger charge is -2.36. The van der Waals surface area contributed by atoms with E-state index < -0.39 is 0 Å². The Labute approximate surface area is 147 Å². The van der Waals surface area contributed by atoms with Crippen LogP contribution in [0.15, 0.2) is 54.9 Å². The van der Waals surface area contributed by atoms with Crippen LogP contribution in [0.1, 0.15) is 11.6 Å². The molecule has 6 heteroatoms. The fourth-order valence-electron chi connectivity index (χ4n) is 2.85. The summed E-state index contributed by atoms with van der Waals surface area (Å²) in [5.74, 6) is 0.797. The highest BCUT2D eigenvalue weighted by molar-refractivity contribution is 5.78. The Bertz CT molecular complexity index is 651. The Kier molecular flexibility index (Phi) is 6.36. The molecule has 0 saturated carbocycles. The molecule has 1 aromatic heterocycles. The molecule has 132 valence electrons. The quantitative estimate of drug-likeness (QED) is 0.776. The van der Waals surface area contributed by atoms with Crippen LogP contribution in [0.25, 0.3) is 0 Å². The molecule has 0 bridgehead atoms. The van der Waals surface area contributed by atoms with Crippen LogP contribution in [0.5, 0.6) is 5.75 Å². The maximum absolute atomic E-state index is 12.5. The minimum Gasteiger partial charge on any atom is -0.491 e. The van der Waals surface area contributed by atoms with Gasteiger partial charge in [0.25, 0.3) is 0 Å². The first-order valence-electron chi connectivity index (χ1n) is 8.50. The van der Waals surface area contributed by atoms with Gasteiger partial charge in [-0.2, -0.15) is 0 Å². The largest absolute Gasteiger partial charge is 0.491 e. The molecule has 1 aliphatic rings. The highest BCUT2D eigenvalue weighted by Gasteiger charge is 2.27. The van der Waals surface area contributed by atoms with Crippen molar-refractivity contribution in [1.82, 2.24) is 15.2 Å². The second-order valence-corrected chi connectivity index (χ2v) is 5.81. The molecule has 0 radical (unpaired) electrons. The number of piperazine rings is 1. The Hall–Kier alpha value is -2.44. The third-order valence-corrected chi connectivity index (χ3v) is 4.10. The van der Waals surface area contributed by atoms with E-state index in [1.54, 1.807) is 6.20 Å². The highest BCUT2D eigenvalue weighted by Crippen LogP contribution is 2.21.